The molecule has 0 fully saturated rings. The molecule has 0 aliphatic carbocycles. The molecule has 0 radical (unpaired) electrons. The summed E-state index contributed by atoms with van der Waals surface area (Å²) in [5.41, 5.74) is 1.62. The van der Waals surface area contributed by atoms with Crippen LogP contribution < -0.4 is 0 Å². The van der Waals surface area contributed by atoms with Crippen molar-refractivity contribution in [3.05, 3.63) is 63.1 Å². The van der Waals surface area contributed by atoms with Crippen molar-refractivity contribution in [1.29, 1.82) is 0 Å². The zero-order valence-electron chi connectivity index (χ0n) is 11.7. The monoisotopic (exact) mass is 383 g/mol. The van der Waals surface area contributed by atoms with Crippen molar-refractivity contribution >= 4 is 46.1 Å². The fraction of sp³-hybridized carbons (Fsp3) is 0.188. The van der Waals surface area contributed by atoms with Crippen LogP contribution in [0.3, 0.4) is 0 Å². The van der Waals surface area contributed by atoms with Crippen molar-refractivity contribution in [2.45, 2.75) is 17.9 Å². The van der Waals surface area contributed by atoms with Gasteiger partial charge in [-0.05, 0) is 42.8 Å². The van der Waals surface area contributed by atoms with E-state index < -0.39 is 0 Å². The first-order valence-corrected chi connectivity index (χ1v) is 8.03. The van der Waals surface area contributed by atoms with E-state index in [9.17, 15) is 4.79 Å². The van der Waals surface area contributed by atoms with Gasteiger partial charge in [0.2, 0.25) is 0 Å². The fourth-order valence-electron chi connectivity index (χ4n) is 2.02. The molecule has 1 atom stereocenters. The normalized spacial score (nSPS) is 12.0. The van der Waals surface area contributed by atoms with Gasteiger partial charge in [0.15, 0.2) is 0 Å². The lowest BCUT2D eigenvalue weighted by atomic mass is 10.1. The number of thiol groups is 1. The molecule has 1 amide bonds. The number of rotatable bonds is 3. The molecule has 2 rings (SSSR count). The minimum absolute atomic E-state index is 0.0499. The van der Waals surface area contributed by atoms with Crippen molar-refractivity contribution in [2.24, 2.45) is 0 Å². The molecule has 21 heavy (non-hydrogen) atoms. The summed E-state index contributed by atoms with van der Waals surface area (Å²) >= 11 is 13.6. The summed E-state index contributed by atoms with van der Waals surface area (Å²) in [6.07, 6.45) is 0. The molecule has 0 aromatic heterocycles. The summed E-state index contributed by atoms with van der Waals surface area (Å²) in [5, 5.41) is 0.686. The second kappa shape index (κ2) is 6.86. The molecule has 0 aliphatic rings. The number of carbonyl (C=O) groups is 1. The molecule has 2 nitrogen and oxygen atoms in total. The predicted molar refractivity (Wildman–Crippen MR) is 93.4 cm³/mol. The van der Waals surface area contributed by atoms with Gasteiger partial charge in [0.1, 0.15) is 0 Å². The highest BCUT2D eigenvalue weighted by atomic mass is 79.9. The van der Waals surface area contributed by atoms with E-state index in [4.69, 9.17) is 11.6 Å². The molecular formula is C16H15BrClNOS. The second-order valence-electron chi connectivity index (χ2n) is 4.81. The maximum atomic E-state index is 12.6. The Morgan fingerprint density at radius 2 is 1.86 bits per heavy atom. The summed E-state index contributed by atoms with van der Waals surface area (Å²) in [7, 11) is 1.79. The first kappa shape index (κ1) is 16.4. The minimum atomic E-state index is -0.0602. The van der Waals surface area contributed by atoms with Gasteiger partial charge in [-0.2, -0.15) is 0 Å². The Bertz CT molecular complexity index is 660. The van der Waals surface area contributed by atoms with Crippen molar-refractivity contribution in [2.75, 3.05) is 7.05 Å². The van der Waals surface area contributed by atoms with Crippen molar-refractivity contribution < 1.29 is 4.79 Å². The Morgan fingerprint density at radius 3 is 2.43 bits per heavy atom. The van der Waals surface area contributed by atoms with Crippen LogP contribution in [0.2, 0.25) is 5.02 Å². The van der Waals surface area contributed by atoms with Crippen LogP contribution in [0.25, 0.3) is 0 Å². The third-order valence-electron chi connectivity index (χ3n) is 3.44. The molecule has 1 unspecified atom stereocenters. The number of hydrogen-bond donors (Lipinski definition) is 1. The number of halogens is 2. The van der Waals surface area contributed by atoms with Crippen LogP contribution in [-0.2, 0) is 0 Å². The molecule has 0 saturated heterocycles. The maximum absolute atomic E-state index is 12.6. The molecule has 2 aromatic rings. The van der Waals surface area contributed by atoms with Gasteiger partial charge in [0.05, 0.1) is 11.6 Å². The molecule has 5 heteroatoms. The number of benzene rings is 2. The molecule has 0 aliphatic heterocycles. The van der Waals surface area contributed by atoms with Crippen molar-refractivity contribution in [3.63, 3.8) is 0 Å². The SMILES string of the molecule is CC(c1ccc(Cl)cc1)N(C)C(=O)c1ccc(Br)cc1S. The average Bonchev–Trinajstić information content (AvgIpc) is 2.46. The molecular weight excluding hydrogens is 370 g/mol. The maximum Gasteiger partial charge on any atom is 0.255 e. The Hall–Kier alpha value is -0.970. The van der Waals surface area contributed by atoms with Gasteiger partial charge in [-0.15, -0.1) is 12.6 Å². The first-order valence-electron chi connectivity index (χ1n) is 6.41. The third kappa shape index (κ3) is 3.82. The lowest BCUT2D eigenvalue weighted by Crippen LogP contribution is -2.29. The van der Waals surface area contributed by atoms with Gasteiger partial charge in [0.25, 0.3) is 5.91 Å². The van der Waals surface area contributed by atoms with Crippen LogP contribution >= 0.6 is 40.2 Å². The molecule has 0 spiro atoms. The molecule has 0 N–H and O–H groups in total. The Kier molecular flexibility index (Phi) is 5.36. The van der Waals surface area contributed by atoms with Crippen LogP contribution in [0.5, 0.6) is 0 Å². The summed E-state index contributed by atoms with van der Waals surface area (Å²) < 4.78 is 0.900. The van der Waals surface area contributed by atoms with Gasteiger partial charge < -0.3 is 4.90 Å². The Morgan fingerprint density at radius 1 is 1.24 bits per heavy atom. The highest BCUT2D eigenvalue weighted by Crippen LogP contribution is 2.25. The van der Waals surface area contributed by atoms with E-state index in [0.29, 0.717) is 15.5 Å². The van der Waals surface area contributed by atoms with E-state index in [2.05, 4.69) is 28.6 Å². The van der Waals surface area contributed by atoms with E-state index in [1.165, 1.54) is 0 Å². The summed E-state index contributed by atoms with van der Waals surface area (Å²) in [4.78, 5) is 15.0. The smallest absolute Gasteiger partial charge is 0.255 e. The highest BCUT2D eigenvalue weighted by molar-refractivity contribution is 9.10. The lowest BCUT2D eigenvalue weighted by molar-refractivity contribution is 0.0739. The highest BCUT2D eigenvalue weighted by Gasteiger charge is 2.20. The van der Waals surface area contributed by atoms with E-state index in [1.807, 2.05) is 43.3 Å². The van der Waals surface area contributed by atoms with Crippen molar-refractivity contribution in [3.8, 4) is 0 Å². The van der Waals surface area contributed by atoms with Gasteiger partial charge in [-0.1, -0.05) is 39.7 Å². The van der Waals surface area contributed by atoms with E-state index in [-0.39, 0.29) is 11.9 Å². The standard InChI is InChI=1S/C16H15BrClNOS/c1-10(11-3-6-13(18)7-4-11)19(2)16(20)14-8-5-12(17)9-15(14)21/h3-10,21H,1-2H3. The van der Waals surface area contributed by atoms with Crippen LogP contribution in [0, 0.1) is 0 Å². The summed E-state index contributed by atoms with van der Waals surface area (Å²) in [6.45, 7) is 1.98. The van der Waals surface area contributed by atoms with Gasteiger partial charge in [-0.3, -0.25) is 4.79 Å². The van der Waals surface area contributed by atoms with E-state index in [0.717, 1.165) is 10.0 Å². The third-order valence-corrected chi connectivity index (χ3v) is 4.56. The van der Waals surface area contributed by atoms with Gasteiger partial charge >= 0.3 is 0 Å². The van der Waals surface area contributed by atoms with E-state index >= 15 is 0 Å². The average molecular weight is 385 g/mol. The molecule has 0 bridgehead atoms. The Balaban J connectivity index is 2.24. The second-order valence-corrected chi connectivity index (χ2v) is 6.64. The van der Waals surface area contributed by atoms with E-state index in [1.54, 1.807) is 18.0 Å². The predicted octanol–water partition coefficient (Wildman–Crippen LogP) is 5.22. The topological polar surface area (TPSA) is 20.3 Å². The zero-order valence-corrected chi connectivity index (χ0v) is 14.9. The number of hydrogen-bond acceptors (Lipinski definition) is 2. The van der Waals surface area contributed by atoms with Crippen LogP contribution in [-0.4, -0.2) is 17.9 Å². The fourth-order valence-corrected chi connectivity index (χ4v) is 2.99. The number of amides is 1. The summed E-state index contributed by atoms with van der Waals surface area (Å²) in [5.74, 6) is -0.0602. The van der Waals surface area contributed by atoms with Gasteiger partial charge in [-0.25, -0.2) is 0 Å². The Labute approximate surface area is 143 Å². The van der Waals surface area contributed by atoms with Crippen LogP contribution in [0.1, 0.15) is 28.9 Å². The zero-order chi connectivity index (χ0) is 15.6. The summed E-state index contributed by atoms with van der Waals surface area (Å²) in [6, 6.07) is 12.9. The number of carbonyl (C=O) groups excluding carboxylic acids is 1. The molecule has 110 valence electrons. The molecule has 2 aromatic carbocycles. The van der Waals surface area contributed by atoms with Gasteiger partial charge in [0, 0.05) is 21.4 Å². The van der Waals surface area contributed by atoms with Crippen molar-refractivity contribution in [1.82, 2.24) is 4.90 Å². The number of nitrogens with zero attached hydrogens (tertiary/aromatic N) is 1. The lowest BCUT2D eigenvalue weighted by Gasteiger charge is -2.26. The molecule has 0 saturated carbocycles. The quantitative estimate of drug-likeness (QED) is 0.719. The first-order chi connectivity index (χ1) is 9.90. The molecule has 0 heterocycles. The minimum Gasteiger partial charge on any atom is -0.335 e. The van der Waals surface area contributed by atoms with Crippen LogP contribution in [0.15, 0.2) is 51.8 Å². The largest absolute Gasteiger partial charge is 0.335 e. The van der Waals surface area contributed by atoms with Crippen LogP contribution in [0.4, 0.5) is 0 Å².